The van der Waals surface area contributed by atoms with Crippen LogP contribution >= 0.6 is 0 Å². The van der Waals surface area contributed by atoms with E-state index in [-0.39, 0.29) is 5.43 Å². The largest absolute Gasteiger partial charge is 0.491 e. The Bertz CT molecular complexity index is 897. The Morgan fingerprint density at radius 1 is 1.14 bits per heavy atom. The highest BCUT2D eigenvalue weighted by Crippen LogP contribution is 2.26. The van der Waals surface area contributed by atoms with Crippen LogP contribution in [0.3, 0.4) is 0 Å². The number of para-hydroxylation sites is 1. The topological polar surface area (TPSA) is 57.2 Å². The predicted octanol–water partition coefficient (Wildman–Crippen LogP) is 2.68. The highest BCUT2D eigenvalue weighted by molar-refractivity contribution is 5.96. The van der Waals surface area contributed by atoms with Crippen molar-refractivity contribution in [2.45, 2.75) is 6.54 Å². The van der Waals surface area contributed by atoms with Crippen LogP contribution in [-0.2, 0) is 6.54 Å². The SMILES string of the molecule is C=CCn1c2ccccc2c(=O)c2c(OCCN)cccc21. The third kappa shape index (κ3) is 2.27. The molecule has 0 aliphatic heterocycles. The highest BCUT2D eigenvalue weighted by atomic mass is 16.5. The van der Waals surface area contributed by atoms with Crippen molar-refractivity contribution in [1.82, 2.24) is 4.57 Å². The third-order valence-corrected chi connectivity index (χ3v) is 3.65. The molecule has 0 spiro atoms. The van der Waals surface area contributed by atoms with E-state index >= 15 is 0 Å². The maximum Gasteiger partial charge on any atom is 0.200 e. The van der Waals surface area contributed by atoms with Crippen LogP contribution in [0.2, 0.25) is 0 Å². The standard InChI is InChI=1S/C18H18N2O2/c1-2-11-20-14-7-4-3-6-13(14)18(21)17-15(20)8-5-9-16(17)22-12-10-19/h2-9H,1,10-12,19H2. The normalized spacial score (nSPS) is 11.0. The molecule has 4 nitrogen and oxygen atoms in total. The molecule has 0 atom stereocenters. The molecule has 0 saturated carbocycles. The van der Waals surface area contributed by atoms with Gasteiger partial charge in [0, 0.05) is 18.5 Å². The van der Waals surface area contributed by atoms with Gasteiger partial charge in [0.15, 0.2) is 0 Å². The number of pyridine rings is 1. The van der Waals surface area contributed by atoms with Gasteiger partial charge in [0.05, 0.1) is 16.4 Å². The minimum absolute atomic E-state index is 0.0152. The summed E-state index contributed by atoms with van der Waals surface area (Å²) in [5.74, 6) is 0.580. The average Bonchev–Trinajstić information content (AvgIpc) is 2.56. The first-order valence-electron chi connectivity index (χ1n) is 7.26. The van der Waals surface area contributed by atoms with Gasteiger partial charge < -0.3 is 15.0 Å². The Balaban J connectivity index is 2.44. The predicted molar refractivity (Wildman–Crippen MR) is 90.5 cm³/mol. The lowest BCUT2D eigenvalue weighted by atomic mass is 10.1. The second-order valence-electron chi connectivity index (χ2n) is 5.03. The summed E-state index contributed by atoms with van der Waals surface area (Å²) in [6.07, 6.45) is 1.82. The van der Waals surface area contributed by atoms with Crippen molar-refractivity contribution in [1.29, 1.82) is 0 Å². The van der Waals surface area contributed by atoms with Crippen molar-refractivity contribution in [2.75, 3.05) is 13.2 Å². The van der Waals surface area contributed by atoms with E-state index in [1.807, 2.05) is 48.5 Å². The Labute approximate surface area is 128 Å². The van der Waals surface area contributed by atoms with Crippen molar-refractivity contribution in [3.63, 3.8) is 0 Å². The first-order chi connectivity index (χ1) is 10.8. The van der Waals surface area contributed by atoms with Crippen LogP contribution in [-0.4, -0.2) is 17.7 Å². The van der Waals surface area contributed by atoms with E-state index in [0.717, 1.165) is 11.0 Å². The number of fused-ring (bicyclic) bond motifs is 2. The fourth-order valence-corrected chi connectivity index (χ4v) is 2.75. The number of hydrogen-bond donors (Lipinski definition) is 1. The second kappa shape index (κ2) is 6.03. The van der Waals surface area contributed by atoms with Gasteiger partial charge in [-0.25, -0.2) is 0 Å². The number of hydrogen-bond acceptors (Lipinski definition) is 3. The van der Waals surface area contributed by atoms with Gasteiger partial charge in [0.2, 0.25) is 5.43 Å². The zero-order valence-electron chi connectivity index (χ0n) is 12.3. The van der Waals surface area contributed by atoms with Crippen LogP contribution in [0.25, 0.3) is 21.8 Å². The number of nitrogens with zero attached hydrogens (tertiary/aromatic N) is 1. The summed E-state index contributed by atoms with van der Waals surface area (Å²) in [4.78, 5) is 12.9. The third-order valence-electron chi connectivity index (χ3n) is 3.65. The smallest absolute Gasteiger partial charge is 0.200 e. The van der Waals surface area contributed by atoms with Crippen LogP contribution in [0, 0.1) is 0 Å². The van der Waals surface area contributed by atoms with Gasteiger partial charge in [-0.1, -0.05) is 24.3 Å². The summed E-state index contributed by atoms with van der Waals surface area (Å²) in [6, 6.07) is 13.2. The summed E-state index contributed by atoms with van der Waals surface area (Å²) in [5.41, 5.74) is 7.23. The zero-order chi connectivity index (χ0) is 15.5. The Kier molecular flexibility index (Phi) is 3.94. The van der Waals surface area contributed by atoms with Crippen LogP contribution in [0.15, 0.2) is 59.9 Å². The van der Waals surface area contributed by atoms with Gasteiger partial charge in [-0.3, -0.25) is 4.79 Å². The van der Waals surface area contributed by atoms with Gasteiger partial charge in [-0.15, -0.1) is 6.58 Å². The quantitative estimate of drug-likeness (QED) is 0.581. The van der Waals surface area contributed by atoms with E-state index in [4.69, 9.17) is 10.5 Å². The van der Waals surface area contributed by atoms with Crippen LogP contribution in [0.5, 0.6) is 5.75 Å². The van der Waals surface area contributed by atoms with E-state index in [9.17, 15) is 4.79 Å². The van der Waals surface area contributed by atoms with Crippen LogP contribution in [0.4, 0.5) is 0 Å². The molecule has 1 heterocycles. The monoisotopic (exact) mass is 294 g/mol. The van der Waals surface area contributed by atoms with Gasteiger partial charge in [0.1, 0.15) is 12.4 Å². The van der Waals surface area contributed by atoms with E-state index in [1.165, 1.54) is 0 Å². The molecular weight excluding hydrogens is 276 g/mol. The van der Waals surface area contributed by atoms with Crippen molar-refractivity contribution < 1.29 is 4.74 Å². The first kappa shape index (κ1) is 14.4. The molecule has 0 unspecified atom stereocenters. The molecule has 112 valence electrons. The fraction of sp³-hybridized carbons (Fsp3) is 0.167. The molecule has 0 amide bonds. The molecule has 0 aliphatic carbocycles. The maximum atomic E-state index is 12.9. The van der Waals surface area contributed by atoms with Gasteiger partial charge in [0.25, 0.3) is 0 Å². The average molecular weight is 294 g/mol. The zero-order valence-corrected chi connectivity index (χ0v) is 12.3. The summed E-state index contributed by atoms with van der Waals surface area (Å²) >= 11 is 0. The Hall–Kier alpha value is -2.59. The number of rotatable bonds is 5. The lowest BCUT2D eigenvalue weighted by molar-refractivity contribution is 0.332. The second-order valence-corrected chi connectivity index (χ2v) is 5.03. The summed E-state index contributed by atoms with van der Waals surface area (Å²) in [7, 11) is 0. The van der Waals surface area contributed by atoms with E-state index in [0.29, 0.717) is 36.2 Å². The molecule has 2 N–H and O–H groups in total. The highest BCUT2D eigenvalue weighted by Gasteiger charge is 2.13. The molecule has 0 radical (unpaired) electrons. The minimum atomic E-state index is -0.0152. The van der Waals surface area contributed by atoms with Crippen molar-refractivity contribution in [3.05, 3.63) is 65.3 Å². The molecule has 2 aromatic carbocycles. The number of nitrogens with two attached hydrogens (primary N) is 1. The first-order valence-corrected chi connectivity index (χ1v) is 7.26. The molecule has 0 saturated heterocycles. The molecule has 3 aromatic rings. The summed E-state index contributed by atoms with van der Waals surface area (Å²) < 4.78 is 7.74. The molecule has 0 fully saturated rings. The molecule has 1 aromatic heterocycles. The van der Waals surface area contributed by atoms with Crippen LogP contribution < -0.4 is 15.9 Å². The minimum Gasteiger partial charge on any atom is -0.491 e. The lowest BCUT2D eigenvalue weighted by Crippen LogP contribution is -2.15. The summed E-state index contributed by atoms with van der Waals surface area (Å²) in [6.45, 7) is 5.23. The lowest BCUT2D eigenvalue weighted by Gasteiger charge is -2.15. The fourth-order valence-electron chi connectivity index (χ4n) is 2.75. The Morgan fingerprint density at radius 2 is 1.91 bits per heavy atom. The van der Waals surface area contributed by atoms with Gasteiger partial charge in [-0.05, 0) is 24.3 Å². The number of allylic oxidation sites excluding steroid dienone is 1. The van der Waals surface area contributed by atoms with Crippen LogP contribution in [0.1, 0.15) is 0 Å². The Morgan fingerprint density at radius 3 is 2.68 bits per heavy atom. The molecule has 4 heteroatoms. The number of benzene rings is 2. The van der Waals surface area contributed by atoms with Gasteiger partial charge >= 0.3 is 0 Å². The maximum absolute atomic E-state index is 12.9. The number of aromatic nitrogens is 1. The molecule has 3 rings (SSSR count). The van der Waals surface area contributed by atoms with Crippen molar-refractivity contribution >= 4 is 21.8 Å². The van der Waals surface area contributed by atoms with Gasteiger partial charge in [-0.2, -0.15) is 0 Å². The molecular formula is C18H18N2O2. The van der Waals surface area contributed by atoms with E-state index < -0.39 is 0 Å². The molecule has 22 heavy (non-hydrogen) atoms. The van der Waals surface area contributed by atoms with E-state index in [2.05, 4.69) is 11.1 Å². The molecule has 0 bridgehead atoms. The summed E-state index contributed by atoms with van der Waals surface area (Å²) in [5, 5.41) is 1.28. The van der Waals surface area contributed by atoms with Crippen molar-refractivity contribution in [3.8, 4) is 5.75 Å². The van der Waals surface area contributed by atoms with E-state index in [1.54, 1.807) is 0 Å². The number of ether oxygens (including phenoxy) is 1. The molecule has 0 aliphatic rings. The van der Waals surface area contributed by atoms with Crippen molar-refractivity contribution in [2.24, 2.45) is 5.73 Å².